The average Bonchev–Trinajstić information content (AvgIpc) is 3.29. The monoisotopic (exact) mass is 455 g/mol. The molecule has 5 nitrogen and oxygen atoms in total. The molecule has 1 aromatic heterocycles. The number of nitrogens with zero attached hydrogens (tertiary/aromatic N) is 2. The van der Waals surface area contributed by atoms with E-state index in [9.17, 15) is 4.79 Å². The highest BCUT2D eigenvalue weighted by Crippen LogP contribution is 2.42. The van der Waals surface area contributed by atoms with E-state index in [-0.39, 0.29) is 11.8 Å². The molecule has 1 fully saturated rings. The van der Waals surface area contributed by atoms with E-state index >= 15 is 0 Å². The molecule has 2 heterocycles. The van der Waals surface area contributed by atoms with Gasteiger partial charge in [0.2, 0.25) is 5.91 Å². The van der Waals surface area contributed by atoms with Crippen LogP contribution in [0.15, 0.2) is 60.1 Å². The van der Waals surface area contributed by atoms with Crippen molar-refractivity contribution in [3.05, 3.63) is 76.3 Å². The molecule has 7 heteroatoms. The van der Waals surface area contributed by atoms with Gasteiger partial charge in [-0.25, -0.2) is 4.98 Å². The zero-order valence-electron chi connectivity index (χ0n) is 17.7. The maximum absolute atomic E-state index is 13.3. The lowest BCUT2D eigenvalue weighted by Gasteiger charge is -2.34. The molecule has 1 unspecified atom stereocenters. The number of ether oxygens (including phenoxy) is 1. The first-order chi connectivity index (χ1) is 14.9. The van der Waals surface area contributed by atoms with E-state index in [2.05, 4.69) is 39.5 Å². The van der Waals surface area contributed by atoms with E-state index in [0.717, 1.165) is 37.4 Å². The number of halogens is 1. The SMILES string of the molecule is CC(C)(C(=O)Nc1nccs1)C(c1ccc(Cl)cc1)c1ccc(N2CCOCC2)cc1. The van der Waals surface area contributed by atoms with Gasteiger partial charge in [0, 0.05) is 41.3 Å². The third kappa shape index (κ3) is 4.92. The first-order valence-corrected chi connectivity index (χ1v) is 11.6. The van der Waals surface area contributed by atoms with E-state index < -0.39 is 5.41 Å². The molecule has 0 bridgehead atoms. The number of benzene rings is 2. The fraction of sp³-hybridized carbons (Fsp3) is 0.333. The second-order valence-electron chi connectivity index (χ2n) is 8.19. The molecule has 1 atom stereocenters. The minimum absolute atomic E-state index is 0.0698. The minimum atomic E-state index is -0.722. The quantitative estimate of drug-likeness (QED) is 0.538. The summed E-state index contributed by atoms with van der Waals surface area (Å²) in [4.78, 5) is 19.8. The van der Waals surface area contributed by atoms with E-state index in [4.69, 9.17) is 16.3 Å². The summed E-state index contributed by atoms with van der Waals surface area (Å²) in [5, 5.41) is 6.11. The van der Waals surface area contributed by atoms with Gasteiger partial charge >= 0.3 is 0 Å². The third-order valence-electron chi connectivity index (χ3n) is 5.77. The Bertz CT molecular complexity index is 998. The van der Waals surface area contributed by atoms with Crippen molar-refractivity contribution in [2.75, 3.05) is 36.5 Å². The standard InChI is InChI=1S/C24H26ClN3O2S/c1-24(2,22(29)27-23-26-11-16-31-23)21(17-3-7-19(25)8-4-17)18-5-9-20(10-6-18)28-12-14-30-15-13-28/h3-11,16,21H,12-15H2,1-2H3,(H,26,27,29). The number of anilines is 2. The van der Waals surface area contributed by atoms with Crippen LogP contribution >= 0.6 is 22.9 Å². The van der Waals surface area contributed by atoms with Gasteiger partial charge in [0.05, 0.1) is 18.6 Å². The van der Waals surface area contributed by atoms with Gasteiger partial charge in [-0.3, -0.25) is 4.79 Å². The smallest absolute Gasteiger partial charge is 0.232 e. The van der Waals surface area contributed by atoms with Crippen LogP contribution in [0, 0.1) is 5.41 Å². The Balaban J connectivity index is 1.67. The van der Waals surface area contributed by atoms with Crippen LogP contribution in [0.1, 0.15) is 30.9 Å². The van der Waals surface area contributed by atoms with E-state index in [1.54, 1.807) is 6.20 Å². The highest BCUT2D eigenvalue weighted by Gasteiger charge is 2.39. The molecule has 0 spiro atoms. The van der Waals surface area contributed by atoms with Gasteiger partial charge in [-0.05, 0) is 35.4 Å². The Morgan fingerprint density at radius 2 is 1.71 bits per heavy atom. The molecule has 3 aromatic rings. The molecule has 4 rings (SSSR count). The van der Waals surface area contributed by atoms with Crippen LogP contribution in [0.5, 0.6) is 0 Å². The van der Waals surface area contributed by atoms with Crippen LogP contribution in [0.25, 0.3) is 0 Å². The summed E-state index contributed by atoms with van der Waals surface area (Å²) >= 11 is 7.55. The molecule has 31 heavy (non-hydrogen) atoms. The van der Waals surface area contributed by atoms with Gasteiger partial charge in [-0.1, -0.05) is 49.7 Å². The summed E-state index contributed by atoms with van der Waals surface area (Å²) in [6, 6.07) is 16.3. The molecule has 1 saturated heterocycles. The molecule has 1 aliphatic rings. The van der Waals surface area contributed by atoms with Gasteiger partial charge in [0.15, 0.2) is 5.13 Å². The van der Waals surface area contributed by atoms with Crippen molar-refractivity contribution < 1.29 is 9.53 Å². The lowest BCUT2D eigenvalue weighted by molar-refractivity contribution is -0.124. The van der Waals surface area contributed by atoms with Gasteiger partial charge in [0.25, 0.3) is 0 Å². The number of carbonyl (C=O) groups is 1. The van der Waals surface area contributed by atoms with Crippen molar-refractivity contribution in [3.63, 3.8) is 0 Å². The molecule has 0 radical (unpaired) electrons. The van der Waals surface area contributed by atoms with E-state index in [1.807, 2.05) is 43.5 Å². The van der Waals surface area contributed by atoms with E-state index in [1.165, 1.54) is 17.0 Å². The number of rotatable bonds is 6. The predicted molar refractivity (Wildman–Crippen MR) is 127 cm³/mol. The highest BCUT2D eigenvalue weighted by atomic mass is 35.5. The summed E-state index contributed by atoms with van der Waals surface area (Å²) < 4.78 is 5.46. The fourth-order valence-corrected chi connectivity index (χ4v) is 4.70. The molecule has 1 aliphatic heterocycles. The maximum atomic E-state index is 13.3. The number of thiazole rings is 1. The summed E-state index contributed by atoms with van der Waals surface area (Å²) in [7, 11) is 0. The fourth-order valence-electron chi connectivity index (χ4n) is 4.05. The zero-order valence-corrected chi connectivity index (χ0v) is 19.2. The van der Waals surface area contributed by atoms with Crippen molar-refractivity contribution in [1.82, 2.24) is 4.98 Å². The Labute approximate surface area is 192 Å². The molecule has 2 aromatic carbocycles. The van der Waals surface area contributed by atoms with Crippen molar-refractivity contribution in [2.24, 2.45) is 5.41 Å². The first-order valence-electron chi connectivity index (χ1n) is 10.3. The Hall–Kier alpha value is -2.41. The largest absolute Gasteiger partial charge is 0.378 e. The average molecular weight is 456 g/mol. The van der Waals surface area contributed by atoms with Crippen molar-refractivity contribution in [3.8, 4) is 0 Å². The molecule has 0 saturated carbocycles. The lowest BCUT2D eigenvalue weighted by atomic mass is 9.70. The van der Waals surface area contributed by atoms with Crippen molar-refractivity contribution in [1.29, 1.82) is 0 Å². The predicted octanol–water partition coefficient (Wildman–Crippen LogP) is 5.43. The van der Waals surface area contributed by atoms with Crippen LogP contribution in [0.4, 0.5) is 10.8 Å². The van der Waals surface area contributed by atoms with Crippen LogP contribution in [-0.4, -0.2) is 37.2 Å². The summed E-state index contributed by atoms with van der Waals surface area (Å²) in [5.41, 5.74) is 2.58. The zero-order chi connectivity index (χ0) is 21.8. The van der Waals surface area contributed by atoms with Crippen LogP contribution in [0.2, 0.25) is 5.02 Å². The Kier molecular flexibility index (Phi) is 6.60. The van der Waals surface area contributed by atoms with Gasteiger partial charge in [-0.2, -0.15) is 0 Å². The van der Waals surface area contributed by atoms with Crippen LogP contribution in [0.3, 0.4) is 0 Å². The number of aromatic nitrogens is 1. The van der Waals surface area contributed by atoms with Gasteiger partial charge in [-0.15, -0.1) is 11.3 Å². The molecule has 1 amide bonds. The number of hydrogen-bond acceptors (Lipinski definition) is 5. The highest BCUT2D eigenvalue weighted by molar-refractivity contribution is 7.13. The topological polar surface area (TPSA) is 54.5 Å². The number of amides is 1. The van der Waals surface area contributed by atoms with Crippen molar-refractivity contribution >= 4 is 39.7 Å². The Morgan fingerprint density at radius 3 is 2.29 bits per heavy atom. The molecule has 162 valence electrons. The first kappa shape index (κ1) is 21.8. The molecule has 0 aliphatic carbocycles. The molecular formula is C24H26ClN3O2S. The Morgan fingerprint density at radius 1 is 1.10 bits per heavy atom. The minimum Gasteiger partial charge on any atom is -0.378 e. The van der Waals surface area contributed by atoms with Crippen molar-refractivity contribution in [2.45, 2.75) is 19.8 Å². The lowest BCUT2D eigenvalue weighted by Crippen LogP contribution is -2.37. The van der Waals surface area contributed by atoms with Gasteiger partial charge in [0.1, 0.15) is 0 Å². The molecular weight excluding hydrogens is 430 g/mol. The van der Waals surface area contributed by atoms with E-state index in [0.29, 0.717) is 10.2 Å². The third-order valence-corrected chi connectivity index (χ3v) is 6.71. The molecule has 1 N–H and O–H groups in total. The van der Waals surface area contributed by atoms with Crippen LogP contribution < -0.4 is 10.2 Å². The number of hydrogen-bond donors (Lipinski definition) is 1. The number of morpholine rings is 1. The second kappa shape index (κ2) is 9.39. The second-order valence-corrected chi connectivity index (χ2v) is 9.52. The summed E-state index contributed by atoms with van der Waals surface area (Å²) in [5.74, 6) is -0.219. The maximum Gasteiger partial charge on any atom is 0.232 e. The van der Waals surface area contributed by atoms with Gasteiger partial charge < -0.3 is 15.0 Å². The van der Waals surface area contributed by atoms with Crippen LogP contribution in [-0.2, 0) is 9.53 Å². The summed E-state index contributed by atoms with van der Waals surface area (Å²) in [6.45, 7) is 7.23. The number of carbonyl (C=O) groups excluding carboxylic acids is 1. The number of nitrogens with one attached hydrogen (secondary N) is 1. The summed E-state index contributed by atoms with van der Waals surface area (Å²) in [6.07, 6.45) is 1.69. The normalized spacial score (nSPS) is 15.5.